The van der Waals surface area contributed by atoms with Crippen LogP contribution >= 0.6 is 22.9 Å². The van der Waals surface area contributed by atoms with E-state index < -0.39 is 0 Å². The van der Waals surface area contributed by atoms with Crippen LogP contribution in [0.1, 0.15) is 67.4 Å². The number of hydrogen-bond donors (Lipinski definition) is 3. The van der Waals surface area contributed by atoms with E-state index in [9.17, 15) is 15.1 Å². The maximum atomic E-state index is 12.6. The van der Waals surface area contributed by atoms with E-state index in [1.807, 2.05) is 13.0 Å². The van der Waals surface area contributed by atoms with Gasteiger partial charge in [-0.1, -0.05) is 29.7 Å². The summed E-state index contributed by atoms with van der Waals surface area (Å²) in [6.07, 6.45) is 7.53. The van der Waals surface area contributed by atoms with Crippen LogP contribution < -0.4 is 5.32 Å². The van der Waals surface area contributed by atoms with E-state index in [1.165, 1.54) is 16.9 Å². The number of amides is 1. The Kier molecular flexibility index (Phi) is 5.90. The Morgan fingerprint density at radius 1 is 1.39 bits per heavy atom. The molecule has 8 heteroatoms. The first-order valence-electron chi connectivity index (χ1n) is 11.8. The van der Waals surface area contributed by atoms with E-state index >= 15 is 0 Å². The zero-order chi connectivity index (χ0) is 23.3. The Morgan fingerprint density at radius 2 is 2.21 bits per heavy atom. The van der Waals surface area contributed by atoms with Gasteiger partial charge in [0.05, 0.1) is 10.7 Å². The van der Waals surface area contributed by atoms with Gasteiger partial charge in [-0.05, 0) is 86.3 Å². The molecule has 1 aromatic carbocycles. The topological polar surface area (TPSA) is 94.8 Å². The number of benzene rings is 1. The molecule has 0 spiro atoms. The predicted molar refractivity (Wildman–Crippen MR) is 131 cm³/mol. The summed E-state index contributed by atoms with van der Waals surface area (Å²) in [4.78, 5) is 17.9. The van der Waals surface area contributed by atoms with Crippen LogP contribution in [0.3, 0.4) is 0 Å². The molecule has 3 aliphatic rings. The van der Waals surface area contributed by atoms with Crippen LogP contribution in [0.5, 0.6) is 5.75 Å². The third kappa shape index (κ3) is 3.83. The highest BCUT2D eigenvalue weighted by Gasteiger charge is 2.57. The number of aromatic nitrogens is 1. The summed E-state index contributed by atoms with van der Waals surface area (Å²) in [6, 6.07) is 3.76. The van der Waals surface area contributed by atoms with E-state index in [0.29, 0.717) is 40.2 Å². The number of aryl methyl sites for hydroxylation is 1. The maximum Gasteiger partial charge on any atom is 0.226 e. The van der Waals surface area contributed by atoms with Crippen molar-refractivity contribution in [3.8, 4) is 5.75 Å². The van der Waals surface area contributed by atoms with Crippen molar-refractivity contribution in [2.45, 2.75) is 64.7 Å². The lowest BCUT2D eigenvalue weighted by Gasteiger charge is -2.50. The highest BCUT2D eigenvalue weighted by atomic mass is 35.5. The minimum atomic E-state index is -0.137. The summed E-state index contributed by atoms with van der Waals surface area (Å²) >= 11 is 7.94. The summed E-state index contributed by atoms with van der Waals surface area (Å²) in [5, 5.41) is 27.7. The van der Waals surface area contributed by atoms with Gasteiger partial charge < -0.3 is 15.6 Å². The fourth-order valence-electron chi connectivity index (χ4n) is 7.02. The van der Waals surface area contributed by atoms with Gasteiger partial charge in [-0.15, -0.1) is 11.3 Å². The van der Waals surface area contributed by atoms with Crippen LogP contribution in [0.15, 0.2) is 23.5 Å². The zero-order valence-corrected chi connectivity index (χ0v) is 20.5. The van der Waals surface area contributed by atoms with Crippen molar-refractivity contribution in [1.29, 1.82) is 0 Å². The molecule has 1 aromatic heterocycles. The van der Waals surface area contributed by atoms with E-state index in [0.717, 1.165) is 54.7 Å². The second-order valence-electron chi connectivity index (χ2n) is 10.1. The molecule has 3 aliphatic carbocycles. The summed E-state index contributed by atoms with van der Waals surface area (Å²) in [6.45, 7) is 4.22. The van der Waals surface area contributed by atoms with Crippen LogP contribution in [-0.4, -0.2) is 26.9 Å². The van der Waals surface area contributed by atoms with Gasteiger partial charge in [0.2, 0.25) is 5.91 Å². The van der Waals surface area contributed by atoms with Crippen molar-refractivity contribution in [1.82, 2.24) is 4.98 Å². The number of rotatable bonds is 4. The third-order valence-corrected chi connectivity index (χ3v) is 9.68. The smallest absolute Gasteiger partial charge is 0.226 e. The number of anilines is 1. The summed E-state index contributed by atoms with van der Waals surface area (Å²) < 4.78 is 0. The lowest BCUT2D eigenvalue weighted by molar-refractivity contribution is -0.116. The number of carbonyl (C=O) groups excluding carboxylic acids is 1. The molecule has 176 valence electrons. The highest BCUT2D eigenvalue weighted by molar-refractivity contribution is 7.15. The van der Waals surface area contributed by atoms with E-state index in [1.54, 1.807) is 12.3 Å². The van der Waals surface area contributed by atoms with Gasteiger partial charge in [-0.2, -0.15) is 0 Å². The standard InChI is InChI=1S/C25H30ClN3O3S/c1-13-12-27-24(33-13)28-21(31)8-3-14-11-20(29-32)25(2)10-9-16-15-6-7-19(30)23(26)18(15)5-4-17(16)22(14)25/h6-7,12,14,16-17,22,30,32H,3-5,8-11H2,1-2H3,(H,27,28,31)/b29-20+. The first-order chi connectivity index (χ1) is 15.8. The fraction of sp³-hybridized carbons (Fsp3) is 0.560. The van der Waals surface area contributed by atoms with Crippen LogP contribution in [0.25, 0.3) is 0 Å². The van der Waals surface area contributed by atoms with Gasteiger partial charge in [-0.3, -0.25) is 4.79 Å². The molecule has 1 heterocycles. The number of thiazole rings is 1. The molecule has 33 heavy (non-hydrogen) atoms. The quantitative estimate of drug-likeness (QED) is 0.356. The Labute approximate surface area is 203 Å². The average molecular weight is 488 g/mol. The molecule has 0 bridgehead atoms. The molecular formula is C25H30ClN3O3S. The monoisotopic (exact) mass is 487 g/mol. The first kappa shape index (κ1) is 22.7. The average Bonchev–Trinajstić information content (AvgIpc) is 3.33. The van der Waals surface area contributed by atoms with Crippen LogP contribution in [0.2, 0.25) is 5.02 Å². The van der Waals surface area contributed by atoms with Gasteiger partial charge in [0.1, 0.15) is 5.75 Å². The molecule has 6 nitrogen and oxygen atoms in total. The molecule has 3 N–H and O–H groups in total. The molecule has 0 radical (unpaired) electrons. The molecule has 5 atom stereocenters. The summed E-state index contributed by atoms with van der Waals surface area (Å²) in [7, 11) is 0. The largest absolute Gasteiger partial charge is 0.506 e. The van der Waals surface area contributed by atoms with E-state index in [4.69, 9.17) is 11.6 Å². The SMILES string of the molecule is Cc1cnc(NC(=O)CCC2C/C(=N\O)C3(C)CCC4c5ccc(O)c(Cl)c5CCC4C23)s1. The fourth-order valence-corrected chi connectivity index (χ4v) is 7.97. The molecule has 0 aliphatic heterocycles. The molecule has 1 amide bonds. The molecule has 0 saturated heterocycles. The molecule has 5 rings (SSSR count). The molecular weight excluding hydrogens is 458 g/mol. The van der Waals surface area contributed by atoms with Gasteiger partial charge >= 0.3 is 0 Å². The van der Waals surface area contributed by atoms with Gasteiger partial charge in [-0.25, -0.2) is 4.98 Å². The number of aromatic hydroxyl groups is 1. The minimum absolute atomic E-state index is 0.0101. The number of phenols is 1. The number of phenolic OH excluding ortho intramolecular Hbond substituents is 1. The van der Waals surface area contributed by atoms with Crippen LogP contribution in [0, 0.1) is 30.1 Å². The van der Waals surface area contributed by atoms with Crippen LogP contribution in [-0.2, 0) is 11.2 Å². The zero-order valence-electron chi connectivity index (χ0n) is 19.0. The third-order valence-electron chi connectivity index (χ3n) is 8.43. The number of fused-ring (bicyclic) bond motifs is 5. The van der Waals surface area contributed by atoms with Gasteiger partial charge in [0.25, 0.3) is 0 Å². The van der Waals surface area contributed by atoms with Crippen LogP contribution in [0.4, 0.5) is 5.13 Å². The normalized spacial score (nSPS) is 31.7. The minimum Gasteiger partial charge on any atom is -0.506 e. The molecule has 2 saturated carbocycles. The van der Waals surface area contributed by atoms with Crippen molar-refractivity contribution < 1.29 is 15.1 Å². The maximum absolute atomic E-state index is 12.6. The molecule has 2 aromatic rings. The van der Waals surface area contributed by atoms with Crippen molar-refractivity contribution in [3.05, 3.63) is 39.4 Å². The highest BCUT2D eigenvalue weighted by Crippen LogP contribution is 2.63. The number of oxime groups is 1. The Morgan fingerprint density at radius 3 is 2.94 bits per heavy atom. The number of carbonyl (C=O) groups is 1. The predicted octanol–water partition coefficient (Wildman–Crippen LogP) is 6.14. The molecule has 5 unspecified atom stereocenters. The van der Waals surface area contributed by atoms with E-state index in [-0.39, 0.29) is 17.1 Å². The molecule has 2 fully saturated rings. The number of nitrogens with zero attached hydrogens (tertiary/aromatic N) is 2. The van der Waals surface area contributed by atoms with Gasteiger partial charge in [0.15, 0.2) is 5.13 Å². The van der Waals surface area contributed by atoms with Crippen molar-refractivity contribution in [2.24, 2.45) is 28.3 Å². The lowest BCUT2D eigenvalue weighted by atomic mass is 9.54. The summed E-state index contributed by atoms with van der Waals surface area (Å²) in [5.74, 6) is 1.64. The number of hydrogen-bond acceptors (Lipinski definition) is 6. The van der Waals surface area contributed by atoms with E-state index in [2.05, 4.69) is 22.4 Å². The Balaban J connectivity index is 1.37. The second kappa shape index (κ2) is 8.58. The number of halogens is 1. The van der Waals surface area contributed by atoms with Crippen molar-refractivity contribution >= 4 is 39.7 Å². The lowest BCUT2D eigenvalue weighted by Crippen LogP contribution is -2.44. The van der Waals surface area contributed by atoms with Crippen molar-refractivity contribution in [3.63, 3.8) is 0 Å². The van der Waals surface area contributed by atoms with Gasteiger partial charge in [0, 0.05) is 22.9 Å². The second-order valence-corrected chi connectivity index (χ2v) is 11.7. The Bertz CT molecular complexity index is 1120. The Hall–Kier alpha value is -2.12. The van der Waals surface area contributed by atoms with Crippen molar-refractivity contribution in [2.75, 3.05) is 5.32 Å². The summed E-state index contributed by atoms with van der Waals surface area (Å²) in [5.41, 5.74) is 3.11. The first-order valence-corrected chi connectivity index (χ1v) is 12.9. The number of nitrogens with one attached hydrogen (secondary N) is 1.